The zero-order valence-electron chi connectivity index (χ0n) is 9.70. The molecule has 0 saturated carbocycles. The molecule has 4 nitrogen and oxygen atoms in total. The van der Waals surface area contributed by atoms with Gasteiger partial charge >= 0.3 is 6.09 Å². The third kappa shape index (κ3) is 8.87. The molecule has 0 aromatic carbocycles. The number of carbonyl (C=O) groups excluding carboxylic acids is 1. The van der Waals surface area contributed by atoms with E-state index >= 15 is 0 Å². The molecule has 0 atom stereocenters. The summed E-state index contributed by atoms with van der Waals surface area (Å²) in [6.45, 7) is 7.17. The minimum atomic E-state index is -0.615. The van der Waals surface area contributed by atoms with Crippen LogP contribution in [0.1, 0.15) is 34.1 Å². The molecule has 0 aliphatic carbocycles. The van der Waals surface area contributed by atoms with E-state index in [1.165, 1.54) is 6.21 Å². The molecule has 0 aliphatic rings. The molecule has 0 fully saturated rings. The number of carbonyl (C=O) groups is 1. The van der Waals surface area contributed by atoms with Crippen molar-refractivity contribution in [2.75, 3.05) is 0 Å². The second-order valence-corrected chi connectivity index (χ2v) is 4.02. The summed E-state index contributed by atoms with van der Waals surface area (Å²) in [4.78, 5) is 14.7. The van der Waals surface area contributed by atoms with Crippen LogP contribution in [0.5, 0.6) is 0 Å². The van der Waals surface area contributed by atoms with Gasteiger partial charge in [0, 0.05) is 18.3 Å². The quantitative estimate of drug-likeness (QED) is 0.728. The van der Waals surface area contributed by atoms with Gasteiger partial charge < -0.3 is 10.1 Å². The van der Waals surface area contributed by atoms with Gasteiger partial charge in [0.2, 0.25) is 0 Å². The summed E-state index contributed by atoms with van der Waals surface area (Å²) in [5.74, 6) is 0. The Balaban J connectivity index is 3.98. The number of aliphatic imine (C=N–C) groups is 1. The molecule has 0 aromatic heterocycles. The van der Waals surface area contributed by atoms with Crippen LogP contribution in [0.25, 0.3) is 0 Å². The summed E-state index contributed by atoms with van der Waals surface area (Å²) in [6, 6.07) is 0. The van der Waals surface area contributed by atoms with Gasteiger partial charge in [-0.3, -0.25) is 0 Å². The van der Waals surface area contributed by atoms with Gasteiger partial charge in [0.15, 0.2) is 0 Å². The highest BCUT2D eigenvalue weighted by Crippen LogP contribution is 2.07. The van der Waals surface area contributed by atoms with Gasteiger partial charge in [0.05, 0.1) is 0 Å². The van der Waals surface area contributed by atoms with E-state index in [9.17, 15) is 4.79 Å². The van der Waals surface area contributed by atoms with Crippen LogP contribution in [0.4, 0.5) is 4.79 Å². The Bertz CT molecular complexity index is 285. The van der Waals surface area contributed by atoms with Crippen LogP contribution in [0, 0.1) is 5.41 Å². The molecule has 15 heavy (non-hydrogen) atoms. The fraction of sp³-hybridized carbons (Fsp3) is 0.545. The van der Waals surface area contributed by atoms with Crippen LogP contribution in [-0.2, 0) is 4.74 Å². The topological polar surface area (TPSA) is 62.5 Å². The lowest BCUT2D eigenvalue weighted by Crippen LogP contribution is -2.21. The summed E-state index contributed by atoms with van der Waals surface area (Å²) >= 11 is 0. The van der Waals surface area contributed by atoms with E-state index in [-0.39, 0.29) is 0 Å². The third-order valence-electron chi connectivity index (χ3n) is 1.27. The highest BCUT2D eigenvalue weighted by atomic mass is 16.6. The standard InChI is InChI=1S/C11H18N2O2/c1-5-6-9(12)7-8-13-10(14)15-11(2,3)4/h5-6,8,12H,7H2,1-4H3/b6-5-,12-9?,13-8?. The van der Waals surface area contributed by atoms with Crippen molar-refractivity contribution in [3.05, 3.63) is 12.2 Å². The van der Waals surface area contributed by atoms with Crippen molar-refractivity contribution in [2.24, 2.45) is 4.99 Å². The fourth-order valence-electron chi connectivity index (χ4n) is 0.776. The van der Waals surface area contributed by atoms with E-state index < -0.39 is 11.7 Å². The number of nitrogens with one attached hydrogen (secondary N) is 1. The Hall–Kier alpha value is -1.45. The van der Waals surface area contributed by atoms with Gasteiger partial charge in [-0.15, -0.1) is 0 Å². The zero-order valence-corrected chi connectivity index (χ0v) is 9.70. The van der Waals surface area contributed by atoms with Crippen LogP contribution < -0.4 is 0 Å². The van der Waals surface area contributed by atoms with Crippen LogP contribution in [0.15, 0.2) is 17.1 Å². The van der Waals surface area contributed by atoms with Gasteiger partial charge in [-0.2, -0.15) is 4.99 Å². The Morgan fingerprint density at radius 3 is 2.53 bits per heavy atom. The second-order valence-electron chi connectivity index (χ2n) is 4.02. The smallest absolute Gasteiger partial charge is 0.433 e. The first-order chi connectivity index (χ1) is 6.85. The molecule has 0 radical (unpaired) electrons. The summed E-state index contributed by atoms with van der Waals surface area (Å²) in [7, 11) is 0. The molecule has 0 bridgehead atoms. The third-order valence-corrected chi connectivity index (χ3v) is 1.27. The van der Waals surface area contributed by atoms with Gasteiger partial charge in [-0.25, -0.2) is 4.79 Å². The molecule has 1 N–H and O–H groups in total. The Kier molecular flexibility index (Phi) is 5.52. The van der Waals surface area contributed by atoms with E-state index in [0.29, 0.717) is 12.1 Å². The van der Waals surface area contributed by atoms with Crippen LogP contribution in [-0.4, -0.2) is 23.6 Å². The first-order valence-corrected chi connectivity index (χ1v) is 4.81. The predicted molar refractivity (Wildman–Crippen MR) is 61.9 cm³/mol. The predicted octanol–water partition coefficient (Wildman–Crippen LogP) is 2.98. The van der Waals surface area contributed by atoms with E-state index in [0.717, 1.165) is 0 Å². The van der Waals surface area contributed by atoms with Crippen molar-refractivity contribution in [2.45, 2.75) is 39.7 Å². The van der Waals surface area contributed by atoms with Crippen molar-refractivity contribution in [3.63, 3.8) is 0 Å². The fourth-order valence-corrected chi connectivity index (χ4v) is 0.776. The lowest BCUT2D eigenvalue weighted by Gasteiger charge is -2.16. The molecule has 0 unspecified atom stereocenters. The minimum absolute atomic E-state index is 0.337. The van der Waals surface area contributed by atoms with E-state index in [1.54, 1.807) is 32.9 Å². The molecular weight excluding hydrogens is 192 g/mol. The van der Waals surface area contributed by atoms with Crippen molar-refractivity contribution < 1.29 is 9.53 Å². The molecular formula is C11H18N2O2. The average molecular weight is 210 g/mol. The van der Waals surface area contributed by atoms with Crippen molar-refractivity contribution in [1.82, 2.24) is 0 Å². The highest BCUT2D eigenvalue weighted by Gasteiger charge is 2.14. The lowest BCUT2D eigenvalue weighted by molar-refractivity contribution is 0.0605. The highest BCUT2D eigenvalue weighted by molar-refractivity contribution is 6.02. The number of amides is 1. The van der Waals surface area contributed by atoms with Gasteiger partial charge in [-0.05, 0) is 33.8 Å². The number of rotatable bonds is 3. The van der Waals surface area contributed by atoms with Gasteiger partial charge in [-0.1, -0.05) is 6.08 Å². The molecule has 0 spiro atoms. The molecule has 4 heteroatoms. The molecule has 1 amide bonds. The van der Waals surface area contributed by atoms with E-state index in [4.69, 9.17) is 10.1 Å². The van der Waals surface area contributed by atoms with Crippen molar-refractivity contribution in [3.8, 4) is 0 Å². The number of nitrogens with zero attached hydrogens (tertiary/aromatic N) is 1. The van der Waals surface area contributed by atoms with Gasteiger partial charge in [0.25, 0.3) is 0 Å². The SMILES string of the molecule is C/C=C\C(=N)CC=NC(=O)OC(C)(C)C. The molecule has 0 rings (SSSR count). The first-order valence-electron chi connectivity index (χ1n) is 4.81. The van der Waals surface area contributed by atoms with Crippen molar-refractivity contribution >= 4 is 18.0 Å². The average Bonchev–Trinajstić information content (AvgIpc) is 2.00. The zero-order chi connectivity index (χ0) is 11.9. The number of hydrogen-bond donors (Lipinski definition) is 1. The summed E-state index contributed by atoms with van der Waals surface area (Å²) in [6.07, 6.45) is 4.53. The molecule has 0 aromatic rings. The maximum atomic E-state index is 11.1. The maximum absolute atomic E-state index is 11.1. The maximum Gasteiger partial charge on any atom is 0.433 e. The summed E-state index contributed by atoms with van der Waals surface area (Å²) in [5.41, 5.74) is -0.115. The second kappa shape index (κ2) is 6.11. The minimum Gasteiger partial charge on any atom is -0.442 e. The van der Waals surface area contributed by atoms with E-state index in [1.807, 2.05) is 6.92 Å². The summed E-state index contributed by atoms with van der Waals surface area (Å²) in [5, 5.41) is 7.38. The summed E-state index contributed by atoms with van der Waals surface area (Å²) < 4.78 is 4.95. The Morgan fingerprint density at radius 2 is 2.07 bits per heavy atom. The monoisotopic (exact) mass is 210 g/mol. The van der Waals surface area contributed by atoms with Crippen LogP contribution >= 0.6 is 0 Å². The number of ether oxygens (including phenoxy) is 1. The molecule has 0 aliphatic heterocycles. The van der Waals surface area contributed by atoms with Gasteiger partial charge in [0.1, 0.15) is 5.60 Å². The normalized spacial score (nSPS) is 12.3. The first kappa shape index (κ1) is 13.5. The Labute approximate surface area is 90.6 Å². The lowest BCUT2D eigenvalue weighted by atomic mass is 10.2. The molecule has 0 heterocycles. The number of allylic oxidation sites excluding steroid dienone is 2. The van der Waals surface area contributed by atoms with Crippen molar-refractivity contribution in [1.29, 1.82) is 5.41 Å². The largest absolute Gasteiger partial charge is 0.442 e. The Morgan fingerprint density at radius 1 is 1.47 bits per heavy atom. The molecule has 0 saturated heterocycles. The number of hydrogen-bond acceptors (Lipinski definition) is 3. The van der Waals surface area contributed by atoms with Crippen LogP contribution in [0.2, 0.25) is 0 Å². The van der Waals surface area contributed by atoms with E-state index in [2.05, 4.69) is 4.99 Å². The van der Waals surface area contributed by atoms with Crippen LogP contribution in [0.3, 0.4) is 0 Å². The molecule has 84 valence electrons.